The van der Waals surface area contributed by atoms with Gasteiger partial charge in [-0.15, -0.1) is 12.6 Å². The van der Waals surface area contributed by atoms with Crippen molar-refractivity contribution in [3.05, 3.63) is 52.4 Å². The topological polar surface area (TPSA) is 12.4 Å². The van der Waals surface area contributed by atoms with Gasteiger partial charge in [0.15, 0.2) is 0 Å². The Hall–Kier alpha value is -1.25. The second kappa shape index (κ2) is 4.73. The van der Waals surface area contributed by atoms with E-state index in [0.29, 0.717) is 0 Å². The predicted molar refractivity (Wildman–Crippen MR) is 75.5 cm³/mol. The van der Waals surface area contributed by atoms with Crippen LogP contribution in [0.4, 0.5) is 0 Å². The van der Waals surface area contributed by atoms with E-state index >= 15 is 0 Å². The predicted octanol–water partition coefficient (Wildman–Crippen LogP) is 4.42. The smallest absolute Gasteiger partial charge is 0.0761 e. The van der Waals surface area contributed by atoms with Crippen LogP contribution in [0.3, 0.4) is 0 Å². The average Bonchev–Trinajstić information content (AvgIpc) is 2.32. The minimum Gasteiger partial charge on any atom is -0.263 e. The Bertz CT molecular complexity index is 575. The number of nitrogens with zero attached hydrogens (tertiary/aromatic N) is 1. The van der Waals surface area contributed by atoms with Crippen LogP contribution in [0.1, 0.15) is 5.56 Å². The molecular formula is C13H10ClNS. The molecule has 0 N–H and O–H groups in total. The van der Waals surface area contributed by atoms with E-state index in [4.69, 9.17) is 11.6 Å². The lowest BCUT2D eigenvalue weighted by Crippen LogP contribution is -1.84. The zero-order valence-corrected chi connectivity index (χ0v) is 10.2. The summed E-state index contributed by atoms with van der Waals surface area (Å²) < 4.78 is 0. The average molecular weight is 248 g/mol. The van der Waals surface area contributed by atoms with Gasteiger partial charge in [0.25, 0.3) is 0 Å². The molecule has 0 aliphatic carbocycles. The van der Waals surface area contributed by atoms with Crippen LogP contribution in [0, 0.1) is 0 Å². The Morgan fingerprint density at radius 1 is 1.19 bits per heavy atom. The number of halogens is 1. The van der Waals surface area contributed by atoms with Crippen molar-refractivity contribution in [3.63, 3.8) is 0 Å². The largest absolute Gasteiger partial charge is 0.263 e. The number of rotatable bonds is 2. The SMILES string of the molecule is C=N/C(=C\S)c1cccc2c(Cl)cccc12. The molecule has 0 saturated carbocycles. The maximum absolute atomic E-state index is 6.14. The Balaban J connectivity index is 2.81. The first-order chi connectivity index (χ1) is 7.77. The van der Waals surface area contributed by atoms with Crippen LogP contribution in [0.2, 0.25) is 5.02 Å². The second-order valence-electron chi connectivity index (χ2n) is 3.31. The molecule has 0 unspecified atom stereocenters. The molecule has 2 rings (SSSR count). The Morgan fingerprint density at radius 3 is 2.56 bits per heavy atom. The molecule has 2 aromatic carbocycles. The van der Waals surface area contributed by atoms with E-state index in [1.54, 1.807) is 5.41 Å². The molecule has 0 aliphatic heterocycles. The third-order valence-electron chi connectivity index (χ3n) is 2.44. The van der Waals surface area contributed by atoms with Crippen LogP contribution >= 0.6 is 24.2 Å². The van der Waals surface area contributed by atoms with E-state index in [9.17, 15) is 0 Å². The number of thiol groups is 1. The van der Waals surface area contributed by atoms with Crippen LogP contribution in [0.25, 0.3) is 16.5 Å². The lowest BCUT2D eigenvalue weighted by atomic mass is 10.0. The van der Waals surface area contributed by atoms with E-state index in [1.807, 2.05) is 36.4 Å². The van der Waals surface area contributed by atoms with Crippen molar-refractivity contribution in [2.45, 2.75) is 0 Å². The van der Waals surface area contributed by atoms with Crippen LogP contribution < -0.4 is 0 Å². The number of benzene rings is 2. The van der Waals surface area contributed by atoms with Gasteiger partial charge in [0.1, 0.15) is 0 Å². The molecule has 16 heavy (non-hydrogen) atoms. The van der Waals surface area contributed by atoms with Crippen molar-refractivity contribution in [1.29, 1.82) is 0 Å². The van der Waals surface area contributed by atoms with E-state index in [-0.39, 0.29) is 0 Å². The third kappa shape index (κ3) is 1.86. The van der Waals surface area contributed by atoms with Crippen LogP contribution in [-0.4, -0.2) is 6.72 Å². The number of hydrogen-bond acceptors (Lipinski definition) is 2. The molecule has 0 spiro atoms. The Morgan fingerprint density at radius 2 is 1.88 bits per heavy atom. The minimum atomic E-state index is 0.738. The molecule has 80 valence electrons. The fourth-order valence-electron chi connectivity index (χ4n) is 1.69. The molecule has 0 fully saturated rings. The van der Waals surface area contributed by atoms with Gasteiger partial charge in [-0.1, -0.05) is 41.9 Å². The molecule has 0 bridgehead atoms. The lowest BCUT2D eigenvalue weighted by Gasteiger charge is -2.07. The van der Waals surface area contributed by atoms with Crippen LogP contribution in [0.15, 0.2) is 46.8 Å². The molecule has 0 aliphatic rings. The van der Waals surface area contributed by atoms with E-state index < -0.39 is 0 Å². The van der Waals surface area contributed by atoms with Crippen molar-refractivity contribution in [3.8, 4) is 0 Å². The molecule has 3 heteroatoms. The van der Waals surface area contributed by atoms with Crippen LogP contribution in [-0.2, 0) is 0 Å². The molecule has 2 aromatic rings. The maximum atomic E-state index is 6.14. The Labute approximate surface area is 105 Å². The van der Waals surface area contributed by atoms with E-state index in [1.165, 1.54) is 0 Å². The number of hydrogen-bond donors (Lipinski definition) is 1. The number of aliphatic imine (C=N–C) groups is 1. The van der Waals surface area contributed by atoms with E-state index in [2.05, 4.69) is 24.3 Å². The molecule has 0 heterocycles. The number of fused-ring (bicyclic) bond motifs is 1. The fraction of sp³-hybridized carbons (Fsp3) is 0. The van der Waals surface area contributed by atoms with Gasteiger partial charge in [-0.25, -0.2) is 0 Å². The van der Waals surface area contributed by atoms with Gasteiger partial charge in [-0.2, -0.15) is 0 Å². The molecule has 0 saturated heterocycles. The first-order valence-electron chi connectivity index (χ1n) is 4.76. The second-order valence-corrected chi connectivity index (χ2v) is 3.98. The molecule has 0 radical (unpaired) electrons. The normalized spacial score (nSPS) is 11.8. The molecule has 0 atom stereocenters. The first kappa shape index (κ1) is 11.2. The highest BCUT2D eigenvalue weighted by Crippen LogP contribution is 2.30. The Kier molecular flexibility index (Phi) is 3.32. The highest BCUT2D eigenvalue weighted by Gasteiger charge is 2.05. The third-order valence-corrected chi connectivity index (χ3v) is 3.01. The van der Waals surface area contributed by atoms with Crippen molar-refractivity contribution in [2.24, 2.45) is 4.99 Å². The van der Waals surface area contributed by atoms with Crippen molar-refractivity contribution in [1.82, 2.24) is 0 Å². The highest BCUT2D eigenvalue weighted by atomic mass is 35.5. The van der Waals surface area contributed by atoms with Gasteiger partial charge >= 0.3 is 0 Å². The van der Waals surface area contributed by atoms with Gasteiger partial charge in [0.2, 0.25) is 0 Å². The summed E-state index contributed by atoms with van der Waals surface area (Å²) in [6, 6.07) is 11.7. The maximum Gasteiger partial charge on any atom is 0.0761 e. The lowest BCUT2D eigenvalue weighted by molar-refractivity contribution is 1.58. The summed E-state index contributed by atoms with van der Waals surface area (Å²) in [4.78, 5) is 3.95. The van der Waals surface area contributed by atoms with Crippen molar-refractivity contribution >= 4 is 47.4 Å². The van der Waals surface area contributed by atoms with Crippen molar-refractivity contribution in [2.75, 3.05) is 0 Å². The monoisotopic (exact) mass is 247 g/mol. The van der Waals surface area contributed by atoms with Gasteiger partial charge in [-0.05, 0) is 23.6 Å². The summed E-state index contributed by atoms with van der Waals surface area (Å²) >= 11 is 10.3. The first-order valence-corrected chi connectivity index (χ1v) is 5.66. The molecule has 1 nitrogen and oxygen atoms in total. The summed E-state index contributed by atoms with van der Waals surface area (Å²) in [6.45, 7) is 3.54. The fourth-order valence-corrected chi connectivity index (χ4v) is 2.15. The standard InChI is InChI=1S/C13H10ClNS/c1-15-13(8-16)11-6-2-5-10-9(11)4-3-7-12(10)14/h2-8,16H,1H2/b13-8-. The summed E-state index contributed by atoms with van der Waals surface area (Å²) in [5.41, 5.74) is 1.74. The quantitative estimate of drug-likeness (QED) is 0.596. The molecular weight excluding hydrogens is 238 g/mol. The zero-order valence-electron chi connectivity index (χ0n) is 8.52. The zero-order chi connectivity index (χ0) is 11.5. The van der Waals surface area contributed by atoms with Crippen LogP contribution in [0.5, 0.6) is 0 Å². The summed E-state index contributed by atoms with van der Waals surface area (Å²) in [7, 11) is 0. The summed E-state index contributed by atoms with van der Waals surface area (Å²) in [6.07, 6.45) is 0. The van der Waals surface area contributed by atoms with Gasteiger partial charge in [0, 0.05) is 16.0 Å². The van der Waals surface area contributed by atoms with Crippen molar-refractivity contribution < 1.29 is 0 Å². The summed E-state index contributed by atoms with van der Waals surface area (Å²) in [5.74, 6) is 0. The van der Waals surface area contributed by atoms with E-state index in [0.717, 1.165) is 27.1 Å². The minimum absolute atomic E-state index is 0.738. The van der Waals surface area contributed by atoms with Gasteiger partial charge in [0.05, 0.1) is 5.70 Å². The highest BCUT2D eigenvalue weighted by molar-refractivity contribution is 7.83. The molecule has 0 amide bonds. The van der Waals surface area contributed by atoms with Gasteiger partial charge in [-0.3, -0.25) is 4.99 Å². The summed E-state index contributed by atoms with van der Waals surface area (Å²) in [5, 5.41) is 4.45. The molecule has 0 aromatic heterocycles. The van der Waals surface area contributed by atoms with Gasteiger partial charge < -0.3 is 0 Å².